The van der Waals surface area contributed by atoms with Crippen LogP contribution in [0.2, 0.25) is 0 Å². The molecular weight excluding hydrogens is 240 g/mol. The number of nitrogens with one attached hydrogen (secondary N) is 1. The third-order valence-electron chi connectivity index (χ3n) is 3.15. The number of hydrogen-bond acceptors (Lipinski definition) is 4. The van der Waals surface area contributed by atoms with Crippen LogP contribution in [0.3, 0.4) is 0 Å². The molecule has 0 aromatic carbocycles. The smallest absolute Gasteiger partial charge is 0.155 e. The van der Waals surface area contributed by atoms with Crippen LogP contribution < -0.4 is 5.32 Å². The number of rotatable bonds is 6. The number of aliphatic hydroxyl groups is 1. The number of imidazole rings is 1. The Bertz CT molecular complexity index is 533. The molecule has 0 aliphatic rings. The number of aromatic nitrogens is 3. The Kier molecular flexibility index (Phi) is 4.17. The Morgan fingerprint density at radius 1 is 1.42 bits per heavy atom. The van der Waals surface area contributed by atoms with Crippen molar-refractivity contribution in [3.05, 3.63) is 30.5 Å². The molecule has 0 bridgehead atoms. The van der Waals surface area contributed by atoms with Gasteiger partial charge in [0.2, 0.25) is 0 Å². The van der Waals surface area contributed by atoms with Gasteiger partial charge in [-0.05, 0) is 18.8 Å². The highest BCUT2D eigenvalue weighted by molar-refractivity contribution is 5.36. The molecular formula is C14H22N4O. The third-order valence-corrected chi connectivity index (χ3v) is 3.15. The number of fused-ring (bicyclic) bond motifs is 1. The second-order valence-corrected chi connectivity index (χ2v) is 5.87. The Morgan fingerprint density at radius 2 is 2.21 bits per heavy atom. The van der Waals surface area contributed by atoms with Gasteiger partial charge >= 0.3 is 0 Å². The molecule has 0 aliphatic heterocycles. The summed E-state index contributed by atoms with van der Waals surface area (Å²) >= 11 is 0. The molecule has 19 heavy (non-hydrogen) atoms. The third kappa shape index (κ3) is 3.75. The van der Waals surface area contributed by atoms with Crippen molar-refractivity contribution >= 4 is 5.65 Å². The van der Waals surface area contributed by atoms with Crippen LogP contribution in [0.4, 0.5) is 0 Å². The molecule has 0 radical (unpaired) electrons. The van der Waals surface area contributed by atoms with Crippen molar-refractivity contribution in [3.8, 4) is 0 Å². The van der Waals surface area contributed by atoms with Gasteiger partial charge in [0.15, 0.2) is 5.65 Å². The summed E-state index contributed by atoms with van der Waals surface area (Å²) in [4.78, 5) is 8.35. The fourth-order valence-electron chi connectivity index (χ4n) is 2.43. The molecule has 2 N–H and O–H groups in total. The highest BCUT2D eigenvalue weighted by Crippen LogP contribution is 2.21. The normalized spacial score (nSPS) is 13.9. The van der Waals surface area contributed by atoms with E-state index in [0.29, 0.717) is 0 Å². The summed E-state index contributed by atoms with van der Waals surface area (Å²) in [5, 5.41) is 12.9. The van der Waals surface area contributed by atoms with Crippen molar-refractivity contribution in [1.82, 2.24) is 19.7 Å². The van der Waals surface area contributed by atoms with Gasteiger partial charge in [-0.25, -0.2) is 4.98 Å². The van der Waals surface area contributed by atoms with Crippen LogP contribution in [0, 0.1) is 5.41 Å². The lowest BCUT2D eigenvalue weighted by molar-refractivity contribution is 0.128. The first kappa shape index (κ1) is 14.0. The lowest BCUT2D eigenvalue weighted by Gasteiger charge is -2.26. The van der Waals surface area contributed by atoms with Crippen molar-refractivity contribution in [1.29, 1.82) is 0 Å². The van der Waals surface area contributed by atoms with Crippen LogP contribution in [0.1, 0.15) is 32.9 Å². The van der Waals surface area contributed by atoms with E-state index in [1.807, 2.05) is 23.7 Å². The summed E-state index contributed by atoms with van der Waals surface area (Å²) in [6.45, 7) is 7.76. The Balaban J connectivity index is 1.92. The summed E-state index contributed by atoms with van der Waals surface area (Å²) in [5.74, 6) is 0. The van der Waals surface area contributed by atoms with E-state index in [1.165, 1.54) is 0 Å². The van der Waals surface area contributed by atoms with Gasteiger partial charge < -0.3 is 10.4 Å². The summed E-state index contributed by atoms with van der Waals surface area (Å²) < 4.78 is 2.03. The van der Waals surface area contributed by atoms with Gasteiger partial charge in [-0.2, -0.15) is 0 Å². The molecule has 104 valence electrons. The zero-order valence-electron chi connectivity index (χ0n) is 11.8. The van der Waals surface area contributed by atoms with Crippen molar-refractivity contribution in [2.24, 2.45) is 5.41 Å². The molecule has 2 rings (SSSR count). The van der Waals surface area contributed by atoms with Crippen molar-refractivity contribution in [2.75, 3.05) is 6.54 Å². The molecule has 2 aromatic rings. The van der Waals surface area contributed by atoms with Gasteiger partial charge in [0.25, 0.3) is 0 Å². The first-order valence-electron chi connectivity index (χ1n) is 6.63. The molecule has 2 heterocycles. The predicted molar refractivity (Wildman–Crippen MR) is 74.8 cm³/mol. The minimum absolute atomic E-state index is 0.0796. The number of hydrogen-bond donors (Lipinski definition) is 2. The first-order valence-corrected chi connectivity index (χ1v) is 6.63. The van der Waals surface area contributed by atoms with Crippen LogP contribution in [-0.4, -0.2) is 32.1 Å². The summed E-state index contributed by atoms with van der Waals surface area (Å²) in [6.07, 6.45) is 7.82. The first-order chi connectivity index (χ1) is 8.98. The van der Waals surface area contributed by atoms with Crippen LogP contribution in [0.15, 0.2) is 24.8 Å². The van der Waals surface area contributed by atoms with E-state index < -0.39 is 0 Å². The molecule has 5 nitrogen and oxygen atoms in total. The van der Waals surface area contributed by atoms with Crippen LogP contribution >= 0.6 is 0 Å². The van der Waals surface area contributed by atoms with Gasteiger partial charge in [-0.3, -0.25) is 9.38 Å². The minimum Gasteiger partial charge on any atom is -0.393 e. The van der Waals surface area contributed by atoms with E-state index in [4.69, 9.17) is 0 Å². The van der Waals surface area contributed by atoms with Crippen molar-refractivity contribution in [2.45, 2.75) is 39.8 Å². The van der Waals surface area contributed by atoms with Gasteiger partial charge in [-0.1, -0.05) is 13.8 Å². The summed E-state index contributed by atoms with van der Waals surface area (Å²) in [7, 11) is 0. The second kappa shape index (κ2) is 5.67. The van der Waals surface area contributed by atoms with Gasteiger partial charge in [0, 0.05) is 25.5 Å². The molecule has 5 heteroatoms. The number of nitrogens with zero attached hydrogens (tertiary/aromatic N) is 3. The van der Waals surface area contributed by atoms with E-state index in [-0.39, 0.29) is 11.5 Å². The number of aliphatic hydroxyl groups excluding tert-OH is 1. The van der Waals surface area contributed by atoms with Crippen LogP contribution in [0.5, 0.6) is 0 Å². The zero-order valence-corrected chi connectivity index (χ0v) is 11.8. The summed E-state index contributed by atoms with van der Waals surface area (Å²) in [6, 6.07) is 0. The SMILES string of the molecule is CC(O)CC(C)(C)CNCc1cnc2cnccn12. The molecule has 0 spiro atoms. The largest absolute Gasteiger partial charge is 0.393 e. The highest BCUT2D eigenvalue weighted by atomic mass is 16.3. The molecule has 2 aromatic heterocycles. The fraction of sp³-hybridized carbons (Fsp3) is 0.571. The van der Waals surface area contributed by atoms with Gasteiger partial charge in [0.1, 0.15) is 0 Å². The lowest BCUT2D eigenvalue weighted by Crippen LogP contribution is -2.31. The molecule has 0 amide bonds. The van der Waals surface area contributed by atoms with E-state index >= 15 is 0 Å². The maximum atomic E-state index is 9.46. The maximum Gasteiger partial charge on any atom is 0.155 e. The molecule has 1 atom stereocenters. The lowest BCUT2D eigenvalue weighted by atomic mass is 9.87. The van der Waals surface area contributed by atoms with Gasteiger partial charge in [-0.15, -0.1) is 0 Å². The Hall–Kier alpha value is -1.46. The average Bonchev–Trinajstić information content (AvgIpc) is 2.71. The Morgan fingerprint density at radius 3 is 2.95 bits per heavy atom. The zero-order chi connectivity index (χ0) is 13.9. The molecule has 0 fully saturated rings. The molecule has 0 aliphatic carbocycles. The standard InChI is InChI=1S/C14H22N4O/c1-11(19)6-14(2,3)10-16-7-12-8-17-13-9-15-4-5-18(12)13/h4-5,8-9,11,16,19H,6-7,10H2,1-3H3. The second-order valence-electron chi connectivity index (χ2n) is 5.87. The van der Waals surface area contributed by atoms with E-state index in [9.17, 15) is 5.11 Å². The summed E-state index contributed by atoms with van der Waals surface area (Å²) in [5.41, 5.74) is 2.06. The van der Waals surface area contributed by atoms with Crippen molar-refractivity contribution < 1.29 is 5.11 Å². The molecule has 0 saturated carbocycles. The van der Waals surface area contributed by atoms with E-state index in [1.54, 1.807) is 12.4 Å². The van der Waals surface area contributed by atoms with Crippen LogP contribution in [-0.2, 0) is 6.54 Å². The van der Waals surface area contributed by atoms with E-state index in [0.717, 1.165) is 30.9 Å². The Labute approximate surface area is 113 Å². The van der Waals surface area contributed by atoms with Gasteiger partial charge in [0.05, 0.1) is 24.2 Å². The predicted octanol–water partition coefficient (Wildman–Crippen LogP) is 1.62. The van der Waals surface area contributed by atoms with Crippen LogP contribution in [0.25, 0.3) is 5.65 Å². The van der Waals surface area contributed by atoms with E-state index in [2.05, 4.69) is 29.1 Å². The average molecular weight is 262 g/mol. The topological polar surface area (TPSA) is 62.5 Å². The minimum atomic E-state index is -0.265. The molecule has 1 unspecified atom stereocenters. The monoisotopic (exact) mass is 262 g/mol. The van der Waals surface area contributed by atoms with Crippen molar-refractivity contribution in [3.63, 3.8) is 0 Å². The maximum absolute atomic E-state index is 9.46. The quantitative estimate of drug-likeness (QED) is 0.830. The fourth-order valence-corrected chi connectivity index (χ4v) is 2.43. The molecule has 0 saturated heterocycles. The highest BCUT2D eigenvalue weighted by Gasteiger charge is 2.19.